The van der Waals surface area contributed by atoms with Gasteiger partial charge in [-0.1, -0.05) is 122 Å². The summed E-state index contributed by atoms with van der Waals surface area (Å²) in [4.78, 5) is 13.9. The van der Waals surface area contributed by atoms with Gasteiger partial charge in [-0.25, -0.2) is 15.0 Å². The first-order valence-corrected chi connectivity index (χ1v) is 23.1. The summed E-state index contributed by atoms with van der Waals surface area (Å²) in [6, 6.07) is 17.1. The number of benzene rings is 2. The van der Waals surface area contributed by atoms with Crippen molar-refractivity contribution in [2.24, 2.45) is 28.6 Å². The van der Waals surface area contributed by atoms with E-state index in [1.54, 1.807) is 0 Å². The largest absolute Gasteiger partial charge is 0.337 e. The minimum Gasteiger partial charge on any atom is -0.337 e. The van der Waals surface area contributed by atoms with Gasteiger partial charge in [0.1, 0.15) is 6.33 Å². The molecule has 0 N–H and O–H groups in total. The van der Waals surface area contributed by atoms with Crippen LogP contribution in [0.2, 0.25) is 0 Å². The predicted molar refractivity (Wildman–Crippen MR) is 254 cm³/mol. The Labute approximate surface area is 358 Å². The van der Waals surface area contributed by atoms with Gasteiger partial charge in [-0.3, -0.25) is 0 Å². The third-order valence-electron chi connectivity index (χ3n) is 13.2. The van der Waals surface area contributed by atoms with Gasteiger partial charge in [0, 0.05) is 25.0 Å². The summed E-state index contributed by atoms with van der Waals surface area (Å²) < 4.78 is 6.94. The van der Waals surface area contributed by atoms with Crippen molar-refractivity contribution >= 4 is 33.8 Å². The standard InChI is InChI=1S/C53H78N6/c1-10-11-12-25-47-38-57(39-54-47)36-43(3)22-18-33-53(8,9)35-20-24-46(37-58-40-55-48-26-13-15-28-50(48)58)31-30-42(2)21-17-32-52(6,7)34-19-23-44(4)45(5)59-41-56-49-27-14-16-29-51(49)59/h10-16,25-29,38-43,46H,17-24,30-37H2,1-9H3/b11-10-,25-12-,45-44-. The van der Waals surface area contributed by atoms with Crippen LogP contribution >= 0.6 is 0 Å². The average Bonchev–Trinajstić information content (AvgIpc) is 3.95. The van der Waals surface area contributed by atoms with Gasteiger partial charge >= 0.3 is 0 Å². The first-order chi connectivity index (χ1) is 28.3. The second-order valence-corrected chi connectivity index (χ2v) is 19.7. The summed E-state index contributed by atoms with van der Waals surface area (Å²) in [5, 5.41) is 0. The van der Waals surface area contributed by atoms with E-state index < -0.39 is 0 Å². The van der Waals surface area contributed by atoms with Crippen LogP contribution < -0.4 is 0 Å². The van der Waals surface area contributed by atoms with Crippen molar-refractivity contribution in [2.45, 2.75) is 165 Å². The number of hydrogen-bond acceptors (Lipinski definition) is 3. The Morgan fingerprint density at radius 3 is 1.97 bits per heavy atom. The quantitative estimate of drug-likeness (QED) is 0.0524. The summed E-state index contributed by atoms with van der Waals surface area (Å²) in [7, 11) is 0. The van der Waals surface area contributed by atoms with Gasteiger partial charge in [0.15, 0.2) is 0 Å². The van der Waals surface area contributed by atoms with Gasteiger partial charge in [-0.05, 0) is 137 Å². The molecule has 320 valence electrons. The van der Waals surface area contributed by atoms with E-state index in [-0.39, 0.29) is 0 Å². The Balaban J connectivity index is 1.04. The van der Waals surface area contributed by atoms with Crippen molar-refractivity contribution in [3.05, 3.63) is 103 Å². The monoisotopic (exact) mass is 799 g/mol. The van der Waals surface area contributed by atoms with Crippen LogP contribution in [0.4, 0.5) is 0 Å². The van der Waals surface area contributed by atoms with Gasteiger partial charge in [0.25, 0.3) is 0 Å². The van der Waals surface area contributed by atoms with Crippen molar-refractivity contribution in [1.29, 1.82) is 0 Å². The molecule has 3 aromatic heterocycles. The summed E-state index contributed by atoms with van der Waals surface area (Å²) in [5.74, 6) is 2.08. The maximum atomic E-state index is 4.75. The first kappa shape index (κ1) is 45.9. The molecule has 59 heavy (non-hydrogen) atoms. The molecule has 5 aromatic rings. The molecule has 6 nitrogen and oxygen atoms in total. The molecule has 2 aromatic carbocycles. The molecule has 0 aliphatic rings. The molecule has 0 aliphatic carbocycles. The minimum atomic E-state index is 0.370. The number of nitrogens with zero attached hydrogens (tertiary/aromatic N) is 6. The number of rotatable bonds is 26. The predicted octanol–water partition coefficient (Wildman–Crippen LogP) is 15.2. The fourth-order valence-corrected chi connectivity index (χ4v) is 9.13. The van der Waals surface area contributed by atoms with Gasteiger partial charge in [-0.15, -0.1) is 0 Å². The van der Waals surface area contributed by atoms with Crippen LogP contribution in [0.3, 0.4) is 0 Å². The second-order valence-electron chi connectivity index (χ2n) is 19.7. The van der Waals surface area contributed by atoms with Crippen LogP contribution in [0.15, 0.2) is 97.5 Å². The molecular formula is C53H78N6. The van der Waals surface area contributed by atoms with Crippen molar-refractivity contribution in [3.63, 3.8) is 0 Å². The molecule has 0 saturated heterocycles. The lowest BCUT2D eigenvalue weighted by Gasteiger charge is -2.27. The van der Waals surface area contributed by atoms with Crippen LogP contribution in [0.5, 0.6) is 0 Å². The molecule has 0 bridgehead atoms. The number of hydrogen-bond donors (Lipinski definition) is 0. The van der Waals surface area contributed by atoms with Crippen LogP contribution in [-0.2, 0) is 13.1 Å². The Kier molecular flexibility index (Phi) is 17.4. The lowest BCUT2D eigenvalue weighted by molar-refractivity contribution is 0.251. The number of para-hydroxylation sites is 4. The fraction of sp³-hybridized carbons (Fsp3) is 0.566. The van der Waals surface area contributed by atoms with E-state index in [0.717, 1.165) is 42.2 Å². The zero-order valence-corrected chi connectivity index (χ0v) is 38.5. The third kappa shape index (κ3) is 14.8. The molecule has 3 atom stereocenters. The summed E-state index contributed by atoms with van der Waals surface area (Å²) >= 11 is 0. The zero-order valence-electron chi connectivity index (χ0n) is 38.5. The van der Waals surface area contributed by atoms with Crippen molar-refractivity contribution < 1.29 is 0 Å². The second kappa shape index (κ2) is 22.4. The minimum absolute atomic E-state index is 0.370. The summed E-state index contributed by atoms with van der Waals surface area (Å²) in [6.07, 6.45) is 34.4. The Bertz CT molecular complexity index is 2080. The summed E-state index contributed by atoms with van der Waals surface area (Å²) in [6.45, 7) is 23.6. The van der Waals surface area contributed by atoms with E-state index in [9.17, 15) is 0 Å². The Hall–Kier alpha value is -4.19. The van der Waals surface area contributed by atoms with Crippen molar-refractivity contribution in [3.8, 4) is 0 Å². The highest BCUT2D eigenvalue weighted by Gasteiger charge is 2.22. The smallest absolute Gasteiger partial charge is 0.100 e. The van der Waals surface area contributed by atoms with E-state index in [4.69, 9.17) is 4.98 Å². The number of imidazole rings is 3. The normalized spacial score (nSPS) is 14.9. The van der Waals surface area contributed by atoms with Crippen LogP contribution in [0.25, 0.3) is 33.8 Å². The van der Waals surface area contributed by atoms with Gasteiger partial charge in [-0.2, -0.15) is 0 Å². The van der Waals surface area contributed by atoms with Gasteiger partial charge in [0.2, 0.25) is 0 Å². The number of aromatic nitrogens is 6. The molecule has 3 unspecified atom stereocenters. The lowest BCUT2D eigenvalue weighted by Crippen LogP contribution is -2.16. The Morgan fingerprint density at radius 1 is 0.644 bits per heavy atom. The molecule has 0 aliphatic heterocycles. The van der Waals surface area contributed by atoms with E-state index in [2.05, 4.69) is 152 Å². The highest BCUT2D eigenvalue weighted by molar-refractivity contribution is 5.79. The zero-order chi connectivity index (χ0) is 42.3. The molecule has 0 radical (unpaired) electrons. The Morgan fingerprint density at radius 2 is 1.25 bits per heavy atom. The van der Waals surface area contributed by atoms with Crippen molar-refractivity contribution in [1.82, 2.24) is 28.7 Å². The third-order valence-corrected chi connectivity index (χ3v) is 13.2. The van der Waals surface area contributed by atoms with Gasteiger partial charge < -0.3 is 13.7 Å². The highest BCUT2D eigenvalue weighted by atomic mass is 15.1. The number of fused-ring (bicyclic) bond motifs is 2. The molecule has 0 spiro atoms. The van der Waals surface area contributed by atoms with E-state index in [1.165, 1.54) is 106 Å². The lowest BCUT2D eigenvalue weighted by atomic mass is 9.79. The highest BCUT2D eigenvalue weighted by Crippen LogP contribution is 2.35. The van der Waals surface area contributed by atoms with E-state index in [1.807, 2.05) is 31.7 Å². The van der Waals surface area contributed by atoms with Crippen LogP contribution in [0.1, 0.15) is 158 Å². The summed E-state index contributed by atoms with van der Waals surface area (Å²) in [5.41, 5.74) is 9.21. The molecule has 3 heterocycles. The molecule has 0 fully saturated rings. The average molecular weight is 799 g/mol. The maximum absolute atomic E-state index is 4.75. The molecule has 0 saturated carbocycles. The van der Waals surface area contributed by atoms with Gasteiger partial charge in [0.05, 0.1) is 40.4 Å². The van der Waals surface area contributed by atoms with E-state index >= 15 is 0 Å². The van der Waals surface area contributed by atoms with Crippen molar-refractivity contribution in [2.75, 3.05) is 0 Å². The molecule has 0 amide bonds. The SMILES string of the molecule is C/C=C\C=C/c1cn(CC(C)CCCC(C)(C)CCCC(CCC(C)CCCC(C)(C)CCC/C(C)=C(/C)n2cnc3ccccc32)Cn2cnc3ccccc32)cn1. The molecule has 5 rings (SSSR count). The first-order valence-electron chi connectivity index (χ1n) is 23.1. The van der Waals surface area contributed by atoms with E-state index in [0.29, 0.717) is 22.7 Å². The van der Waals surface area contributed by atoms with Crippen LogP contribution in [-0.4, -0.2) is 28.7 Å². The number of allylic oxidation sites excluding steroid dienone is 5. The molecule has 6 heteroatoms. The topological polar surface area (TPSA) is 53.5 Å². The van der Waals surface area contributed by atoms with Crippen LogP contribution in [0, 0.1) is 28.6 Å². The molecular weight excluding hydrogens is 721 g/mol. The maximum Gasteiger partial charge on any atom is 0.100 e. The fourth-order valence-electron chi connectivity index (χ4n) is 9.13.